The summed E-state index contributed by atoms with van der Waals surface area (Å²) in [6.07, 6.45) is 1.28. The fourth-order valence-electron chi connectivity index (χ4n) is 1.55. The second-order valence-corrected chi connectivity index (χ2v) is 3.66. The van der Waals surface area contributed by atoms with E-state index in [1.54, 1.807) is 0 Å². The lowest BCUT2D eigenvalue weighted by Crippen LogP contribution is -2.21. The number of aromatic nitrogens is 2. The van der Waals surface area contributed by atoms with Gasteiger partial charge >= 0.3 is 0 Å². The van der Waals surface area contributed by atoms with Crippen LogP contribution in [0.4, 0.5) is 5.82 Å². The van der Waals surface area contributed by atoms with E-state index in [0.717, 1.165) is 6.42 Å². The molecule has 0 amide bonds. The molecule has 90 valence electrons. The van der Waals surface area contributed by atoms with Gasteiger partial charge in [-0.15, -0.1) is 0 Å². The van der Waals surface area contributed by atoms with Gasteiger partial charge < -0.3 is 15.5 Å². The molecule has 0 radical (unpaired) electrons. The van der Waals surface area contributed by atoms with E-state index in [4.69, 9.17) is 10.5 Å². The third-order valence-corrected chi connectivity index (χ3v) is 2.37. The monoisotopic (exact) mass is 225 g/mol. The zero-order chi connectivity index (χ0) is 12.1. The molecule has 1 atom stereocenters. The van der Waals surface area contributed by atoms with Crippen LogP contribution in [-0.4, -0.2) is 16.6 Å². The Bertz CT molecular complexity index is 401. The van der Waals surface area contributed by atoms with Crippen molar-refractivity contribution in [2.45, 2.75) is 39.7 Å². The molecule has 0 aliphatic carbocycles. The summed E-state index contributed by atoms with van der Waals surface area (Å²) >= 11 is 0. The van der Waals surface area contributed by atoms with Gasteiger partial charge in [0.15, 0.2) is 0 Å². The van der Waals surface area contributed by atoms with Crippen LogP contribution in [0.25, 0.3) is 0 Å². The van der Waals surface area contributed by atoms with Crippen molar-refractivity contribution < 1.29 is 4.74 Å². The van der Waals surface area contributed by atoms with E-state index in [0.29, 0.717) is 30.2 Å². The van der Waals surface area contributed by atoms with Crippen LogP contribution in [-0.2, 0) is 11.2 Å². The van der Waals surface area contributed by atoms with Crippen molar-refractivity contribution in [2.75, 3.05) is 12.3 Å². The van der Waals surface area contributed by atoms with Crippen molar-refractivity contribution >= 4 is 5.82 Å². The molecule has 0 aliphatic heterocycles. The molecule has 1 aromatic heterocycles. The molecule has 0 spiro atoms. The van der Waals surface area contributed by atoms with Gasteiger partial charge in [-0.05, 0) is 20.3 Å². The summed E-state index contributed by atoms with van der Waals surface area (Å²) in [5.41, 5.74) is 6.16. The molecule has 5 nitrogen and oxygen atoms in total. The molecule has 0 saturated carbocycles. The normalized spacial score (nSPS) is 12.7. The SMILES string of the molecule is CCCc1c(N)nc(C(C)OCC)[nH]c1=O. The Morgan fingerprint density at radius 2 is 2.19 bits per heavy atom. The Kier molecular flexibility index (Phi) is 4.49. The van der Waals surface area contributed by atoms with Gasteiger partial charge in [-0.3, -0.25) is 4.79 Å². The number of nitrogen functional groups attached to an aromatic ring is 1. The average molecular weight is 225 g/mol. The summed E-state index contributed by atoms with van der Waals surface area (Å²) in [6.45, 7) is 6.29. The predicted octanol–water partition coefficient (Wildman–Crippen LogP) is 1.40. The lowest BCUT2D eigenvalue weighted by molar-refractivity contribution is 0.0699. The van der Waals surface area contributed by atoms with Gasteiger partial charge in [0.1, 0.15) is 17.7 Å². The smallest absolute Gasteiger partial charge is 0.256 e. The topological polar surface area (TPSA) is 81.0 Å². The number of H-pyrrole nitrogens is 1. The molecular formula is C11H19N3O2. The molecule has 0 saturated heterocycles. The van der Waals surface area contributed by atoms with Crippen molar-refractivity contribution in [1.29, 1.82) is 0 Å². The van der Waals surface area contributed by atoms with E-state index in [1.807, 2.05) is 20.8 Å². The largest absolute Gasteiger partial charge is 0.383 e. The quantitative estimate of drug-likeness (QED) is 0.793. The van der Waals surface area contributed by atoms with Crippen LogP contribution in [0.2, 0.25) is 0 Å². The third kappa shape index (κ3) is 2.82. The number of nitrogens with one attached hydrogen (secondary N) is 1. The number of ether oxygens (including phenoxy) is 1. The van der Waals surface area contributed by atoms with Crippen molar-refractivity contribution in [3.8, 4) is 0 Å². The van der Waals surface area contributed by atoms with Gasteiger partial charge in [0.25, 0.3) is 5.56 Å². The first-order chi connectivity index (χ1) is 7.60. The summed E-state index contributed by atoms with van der Waals surface area (Å²) in [5.74, 6) is 0.802. The first-order valence-electron chi connectivity index (χ1n) is 5.60. The Hall–Kier alpha value is -1.36. The second kappa shape index (κ2) is 5.65. The maximum Gasteiger partial charge on any atom is 0.256 e. The fourth-order valence-corrected chi connectivity index (χ4v) is 1.55. The number of anilines is 1. The number of hydrogen-bond donors (Lipinski definition) is 2. The number of aromatic amines is 1. The summed E-state index contributed by atoms with van der Waals surface area (Å²) in [5, 5.41) is 0. The van der Waals surface area contributed by atoms with E-state index in [1.165, 1.54) is 0 Å². The molecule has 3 N–H and O–H groups in total. The first-order valence-corrected chi connectivity index (χ1v) is 5.60. The lowest BCUT2D eigenvalue weighted by Gasteiger charge is -2.12. The van der Waals surface area contributed by atoms with Crippen LogP contribution in [0, 0.1) is 0 Å². The highest BCUT2D eigenvalue weighted by Gasteiger charge is 2.12. The van der Waals surface area contributed by atoms with Crippen molar-refractivity contribution in [2.24, 2.45) is 0 Å². The van der Waals surface area contributed by atoms with E-state index in [9.17, 15) is 4.79 Å². The minimum absolute atomic E-state index is 0.157. The fraction of sp³-hybridized carbons (Fsp3) is 0.636. The average Bonchev–Trinajstić information content (AvgIpc) is 2.23. The minimum atomic E-state index is -0.240. The maximum absolute atomic E-state index is 11.7. The molecular weight excluding hydrogens is 206 g/mol. The molecule has 1 heterocycles. The molecule has 16 heavy (non-hydrogen) atoms. The van der Waals surface area contributed by atoms with Crippen LogP contribution in [0.3, 0.4) is 0 Å². The highest BCUT2D eigenvalue weighted by Crippen LogP contribution is 2.13. The molecule has 1 rings (SSSR count). The second-order valence-electron chi connectivity index (χ2n) is 3.66. The van der Waals surface area contributed by atoms with E-state index >= 15 is 0 Å². The zero-order valence-electron chi connectivity index (χ0n) is 10.0. The molecule has 0 bridgehead atoms. The maximum atomic E-state index is 11.7. The summed E-state index contributed by atoms with van der Waals surface area (Å²) in [4.78, 5) is 18.6. The van der Waals surface area contributed by atoms with Crippen molar-refractivity contribution in [3.63, 3.8) is 0 Å². The van der Waals surface area contributed by atoms with Crippen LogP contribution >= 0.6 is 0 Å². The highest BCUT2D eigenvalue weighted by atomic mass is 16.5. The van der Waals surface area contributed by atoms with Crippen LogP contribution in [0.1, 0.15) is 44.7 Å². The van der Waals surface area contributed by atoms with Crippen molar-refractivity contribution in [3.05, 3.63) is 21.7 Å². The standard InChI is InChI=1S/C11H19N3O2/c1-4-6-8-9(12)13-10(14-11(8)15)7(3)16-5-2/h7H,4-6H2,1-3H3,(H3,12,13,14,15). The lowest BCUT2D eigenvalue weighted by atomic mass is 10.2. The Morgan fingerprint density at radius 3 is 2.69 bits per heavy atom. The van der Waals surface area contributed by atoms with Crippen LogP contribution in [0.15, 0.2) is 4.79 Å². The number of nitrogens with zero attached hydrogens (tertiary/aromatic N) is 1. The van der Waals surface area contributed by atoms with E-state index < -0.39 is 0 Å². The molecule has 0 fully saturated rings. The molecule has 5 heteroatoms. The molecule has 1 aromatic rings. The Balaban J connectivity index is 3.04. The molecule has 0 aromatic carbocycles. The van der Waals surface area contributed by atoms with Gasteiger partial charge in [0.2, 0.25) is 0 Å². The predicted molar refractivity (Wildman–Crippen MR) is 63.3 cm³/mol. The van der Waals surface area contributed by atoms with E-state index in [2.05, 4.69) is 9.97 Å². The Morgan fingerprint density at radius 1 is 1.50 bits per heavy atom. The van der Waals surface area contributed by atoms with Crippen LogP contribution in [0.5, 0.6) is 0 Å². The minimum Gasteiger partial charge on any atom is -0.383 e. The first kappa shape index (κ1) is 12.7. The van der Waals surface area contributed by atoms with Crippen LogP contribution < -0.4 is 11.3 Å². The Labute approximate surface area is 95.0 Å². The summed E-state index contributed by atoms with van der Waals surface area (Å²) in [6, 6.07) is 0. The summed E-state index contributed by atoms with van der Waals surface area (Å²) in [7, 11) is 0. The highest BCUT2D eigenvalue weighted by molar-refractivity contribution is 5.37. The van der Waals surface area contributed by atoms with E-state index in [-0.39, 0.29) is 11.7 Å². The zero-order valence-corrected chi connectivity index (χ0v) is 10.0. The number of nitrogens with two attached hydrogens (primary N) is 1. The van der Waals surface area contributed by atoms with Gasteiger partial charge in [-0.1, -0.05) is 13.3 Å². The van der Waals surface area contributed by atoms with Crippen molar-refractivity contribution in [1.82, 2.24) is 9.97 Å². The number of hydrogen-bond acceptors (Lipinski definition) is 4. The molecule has 0 aliphatic rings. The van der Waals surface area contributed by atoms with Gasteiger partial charge in [0.05, 0.1) is 5.56 Å². The molecule has 1 unspecified atom stereocenters. The van der Waals surface area contributed by atoms with Gasteiger partial charge in [-0.2, -0.15) is 0 Å². The summed E-state index contributed by atoms with van der Waals surface area (Å²) < 4.78 is 5.35. The third-order valence-electron chi connectivity index (χ3n) is 2.37. The van der Waals surface area contributed by atoms with Gasteiger partial charge in [0, 0.05) is 6.61 Å². The number of rotatable bonds is 5. The van der Waals surface area contributed by atoms with Gasteiger partial charge in [-0.25, -0.2) is 4.98 Å².